The SMILES string of the molecule is Cn1nc(-c2ccccc2)cc1C(C)(C)C(=O)O. The molecule has 0 spiro atoms. The summed E-state index contributed by atoms with van der Waals surface area (Å²) >= 11 is 0. The Morgan fingerprint density at radius 3 is 2.44 bits per heavy atom. The van der Waals surface area contributed by atoms with Crippen LogP contribution < -0.4 is 0 Å². The van der Waals surface area contributed by atoms with Crippen LogP contribution >= 0.6 is 0 Å². The van der Waals surface area contributed by atoms with Gasteiger partial charge in [0.1, 0.15) is 5.41 Å². The number of carbonyl (C=O) groups is 1. The average Bonchev–Trinajstić information content (AvgIpc) is 2.73. The number of aryl methyl sites for hydroxylation is 1. The molecule has 18 heavy (non-hydrogen) atoms. The van der Waals surface area contributed by atoms with Gasteiger partial charge in [0.05, 0.1) is 11.4 Å². The molecular weight excluding hydrogens is 228 g/mol. The van der Waals surface area contributed by atoms with Crippen LogP contribution in [0.5, 0.6) is 0 Å². The fourth-order valence-corrected chi connectivity index (χ4v) is 1.91. The molecule has 1 heterocycles. The molecule has 0 saturated carbocycles. The Hall–Kier alpha value is -2.10. The Kier molecular flexibility index (Phi) is 2.95. The predicted octanol–water partition coefficient (Wildman–Crippen LogP) is 2.45. The van der Waals surface area contributed by atoms with Gasteiger partial charge in [-0.05, 0) is 19.9 Å². The highest BCUT2D eigenvalue weighted by atomic mass is 16.4. The van der Waals surface area contributed by atoms with Crippen LogP contribution in [0.3, 0.4) is 0 Å². The summed E-state index contributed by atoms with van der Waals surface area (Å²) in [7, 11) is 1.77. The monoisotopic (exact) mass is 244 g/mol. The Balaban J connectivity index is 2.49. The molecule has 0 unspecified atom stereocenters. The van der Waals surface area contributed by atoms with Crippen LogP contribution in [0.4, 0.5) is 0 Å². The molecule has 0 radical (unpaired) electrons. The van der Waals surface area contributed by atoms with E-state index in [2.05, 4.69) is 5.10 Å². The van der Waals surface area contributed by atoms with Gasteiger partial charge in [-0.3, -0.25) is 9.48 Å². The predicted molar refractivity (Wildman–Crippen MR) is 69.3 cm³/mol. The van der Waals surface area contributed by atoms with Crippen molar-refractivity contribution in [3.05, 3.63) is 42.1 Å². The average molecular weight is 244 g/mol. The third-order valence-electron chi connectivity index (χ3n) is 3.12. The zero-order chi connectivity index (χ0) is 13.3. The lowest BCUT2D eigenvalue weighted by Gasteiger charge is -2.18. The molecule has 2 rings (SSSR count). The summed E-state index contributed by atoms with van der Waals surface area (Å²) in [6, 6.07) is 11.6. The van der Waals surface area contributed by atoms with Crippen molar-refractivity contribution in [1.82, 2.24) is 9.78 Å². The highest BCUT2D eigenvalue weighted by Crippen LogP contribution is 2.27. The molecule has 0 saturated heterocycles. The van der Waals surface area contributed by atoms with E-state index < -0.39 is 11.4 Å². The fraction of sp³-hybridized carbons (Fsp3) is 0.286. The highest BCUT2D eigenvalue weighted by Gasteiger charge is 2.33. The van der Waals surface area contributed by atoms with Crippen LogP contribution in [0.25, 0.3) is 11.3 Å². The van der Waals surface area contributed by atoms with Crippen LogP contribution in [-0.4, -0.2) is 20.9 Å². The molecule has 0 atom stereocenters. The van der Waals surface area contributed by atoms with Crippen LogP contribution in [0.2, 0.25) is 0 Å². The molecule has 2 aromatic rings. The van der Waals surface area contributed by atoms with Gasteiger partial charge in [-0.15, -0.1) is 0 Å². The van der Waals surface area contributed by atoms with E-state index in [1.54, 1.807) is 25.6 Å². The molecule has 1 aromatic carbocycles. The van der Waals surface area contributed by atoms with Gasteiger partial charge in [-0.1, -0.05) is 30.3 Å². The number of carboxylic acids is 1. The normalized spacial score (nSPS) is 11.5. The van der Waals surface area contributed by atoms with E-state index in [9.17, 15) is 9.90 Å². The molecular formula is C14H16N2O2. The lowest BCUT2D eigenvalue weighted by Crippen LogP contribution is -2.30. The van der Waals surface area contributed by atoms with Gasteiger partial charge in [-0.25, -0.2) is 0 Å². The molecule has 0 amide bonds. The van der Waals surface area contributed by atoms with Crippen LogP contribution in [0.15, 0.2) is 36.4 Å². The van der Waals surface area contributed by atoms with E-state index in [4.69, 9.17) is 0 Å². The maximum absolute atomic E-state index is 11.3. The van der Waals surface area contributed by atoms with Crippen molar-refractivity contribution in [2.75, 3.05) is 0 Å². The number of nitrogens with zero attached hydrogens (tertiary/aromatic N) is 2. The van der Waals surface area contributed by atoms with E-state index in [0.717, 1.165) is 11.3 Å². The lowest BCUT2D eigenvalue weighted by atomic mass is 9.89. The van der Waals surface area contributed by atoms with Crippen molar-refractivity contribution in [3.8, 4) is 11.3 Å². The third kappa shape index (κ3) is 2.01. The molecule has 1 N–H and O–H groups in total. The minimum absolute atomic E-state index is 0.689. The quantitative estimate of drug-likeness (QED) is 0.902. The molecule has 0 aliphatic carbocycles. The van der Waals surface area contributed by atoms with Gasteiger partial charge in [0.15, 0.2) is 0 Å². The molecule has 94 valence electrons. The van der Waals surface area contributed by atoms with Gasteiger partial charge in [-0.2, -0.15) is 5.10 Å². The maximum Gasteiger partial charge on any atom is 0.315 e. The Morgan fingerprint density at radius 1 is 1.28 bits per heavy atom. The van der Waals surface area contributed by atoms with E-state index in [1.807, 2.05) is 36.4 Å². The summed E-state index contributed by atoms with van der Waals surface area (Å²) in [5.74, 6) is -0.856. The summed E-state index contributed by atoms with van der Waals surface area (Å²) in [6.45, 7) is 3.36. The van der Waals surface area contributed by atoms with Crippen molar-refractivity contribution in [3.63, 3.8) is 0 Å². The Bertz CT molecular complexity index is 571. The topological polar surface area (TPSA) is 55.1 Å². The van der Waals surface area contributed by atoms with Gasteiger partial charge < -0.3 is 5.11 Å². The van der Waals surface area contributed by atoms with Gasteiger partial charge >= 0.3 is 5.97 Å². The van der Waals surface area contributed by atoms with E-state index in [1.165, 1.54) is 0 Å². The van der Waals surface area contributed by atoms with E-state index in [-0.39, 0.29) is 0 Å². The molecule has 0 aliphatic heterocycles. The number of benzene rings is 1. The standard InChI is InChI=1S/C14H16N2O2/c1-14(2,13(17)18)12-9-11(15-16(12)3)10-7-5-4-6-8-10/h4-9H,1-3H3,(H,17,18). The first-order valence-corrected chi connectivity index (χ1v) is 5.76. The van der Waals surface area contributed by atoms with Crippen LogP contribution in [0.1, 0.15) is 19.5 Å². The molecule has 4 nitrogen and oxygen atoms in total. The van der Waals surface area contributed by atoms with Crippen LogP contribution in [-0.2, 0) is 17.3 Å². The van der Waals surface area contributed by atoms with E-state index >= 15 is 0 Å². The van der Waals surface area contributed by atoms with Gasteiger partial charge in [0, 0.05) is 12.6 Å². The summed E-state index contributed by atoms with van der Waals surface area (Å²) in [5.41, 5.74) is 1.52. The zero-order valence-corrected chi connectivity index (χ0v) is 10.7. The molecule has 1 aromatic heterocycles. The summed E-state index contributed by atoms with van der Waals surface area (Å²) in [6.07, 6.45) is 0. The number of hydrogen-bond donors (Lipinski definition) is 1. The van der Waals surface area contributed by atoms with Gasteiger partial charge in [0.25, 0.3) is 0 Å². The number of aromatic nitrogens is 2. The lowest BCUT2D eigenvalue weighted by molar-refractivity contribution is -0.142. The fourth-order valence-electron chi connectivity index (χ4n) is 1.91. The van der Waals surface area contributed by atoms with E-state index in [0.29, 0.717) is 5.69 Å². The maximum atomic E-state index is 11.3. The summed E-state index contributed by atoms with van der Waals surface area (Å²) in [5, 5.41) is 13.6. The summed E-state index contributed by atoms with van der Waals surface area (Å²) in [4.78, 5) is 11.3. The number of aliphatic carboxylic acids is 1. The summed E-state index contributed by atoms with van der Waals surface area (Å²) < 4.78 is 1.64. The van der Waals surface area contributed by atoms with Crippen molar-refractivity contribution in [2.24, 2.45) is 7.05 Å². The van der Waals surface area contributed by atoms with Crippen molar-refractivity contribution >= 4 is 5.97 Å². The highest BCUT2D eigenvalue weighted by molar-refractivity contribution is 5.80. The second-order valence-electron chi connectivity index (χ2n) is 4.83. The first kappa shape index (κ1) is 12.4. The minimum Gasteiger partial charge on any atom is -0.481 e. The van der Waals surface area contributed by atoms with Crippen molar-refractivity contribution < 1.29 is 9.90 Å². The van der Waals surface area contributed by atoms with Crippen molar-refractivity contribution in [1.29, 1.82) is 0 Å². The molecule has 0 bridgehead atoms. The Labute approximate surface area is 106 Å². The largest absolute Gasteiger partial charge is 0.481 e. The molecule has 4 heteroatoms. The Morgan fingerprint density at radius 2 is 1.89 bits per heavy atom. The molecule has 0 aliphatic rings. The minimum atomic E-state index is -0.950. The number of rotatable bonds is 3. The number of hydrogen-bond acceptors (Lipinski definition) is 2. The van der Waals surface area contributed by atoms with Gasteiger partial charge in [0.2, 0.25) is 0 Å². The second kappa shape index (κ2) is 4.29. The zero-order valence-electron chi connectivity index (χ0n) is 10.7. The second-order valence-corrected chi connectivity index (χ2v) is 4.83. The first-order chi connectivity index (χ1) is 8.43. The van der Waals surface area contributed by atoms with Crippen molar-refractivity contribution in [2.45, 2.75) is 19.3 Å². The third-order valence-corrected chi connectivity index (χ3v) is 3.12. The number of carboxylic acid groups (broad SMARTS) is 1. The first-order valence-electron chi connectivity index (χ1n) is 5.76. The molecule has 0 fully saturated rings. The smallest absolute Gasteiger partial charge is 0.315 e. The van der Waals surface area contributed by atoms with Crippen LogP contribution in [0, 0.1) is 0 Å².